The molecule has 0 aliphatic carbocycles. The molecule has 0 aliphatic rings. The van der Waals surface area contributed by atoms with E-state index < -0.39 is 35.8 Å². The van der Waals surface area contributed by atoms with E-state index in [1.807, 2.05) is 47.8 Å². The van der Waals surface area contributed by atoms with Crippen LogP contribution < -0.4 is 5.32 Å². The number of nitrogens with one attached hydrogen (secondary N) is 1. The van der Waals surface area contributed by atoms with Gasteiger partial charge in [-0.15, -0.1) is 22.7 Å². The van der Waals surface area contributed by atoms with Crippen LogP contribution in [0.3, 0.4) is 0 Å². The predicted molar refractivity (Wildman–Crippen MR) is 121 cm³/mol. The molecule has 32 heavy (non-hydrogen) atoms. The van der Waals surface area contributed by atoms with Gasteiger partial charge in [0.15, 0.2) is 6.61 Å². The molecule has 0 unspecified atom stereocenters. The summed E-state index contributed by atoms with van der Waals surface area (Å²) in [6.45, 7) is -0.661. The number of amides is 1. The van der Waals surface area contributed by atoms with E-state index in [-0.39, 0.29) is 6.42 Å². The van der Waals surface area contributed by atoms with Crippen LogP contribution in [0.5, 0.6) is 0 Å². The molecule has 1 amide bonds. The Bertz CT molecular complexity index is 1220. The molecule has 4 rings (SSSR count). The molecule has 9 heteroatoms. The fraction of sp³-hybridized carbons (Fsp3) is 0.0870. The highest BCUT2D eigenvalue weighted by Gasteiger charge is 2.19. The zero-order valence-electron chi connectivity index (χ0n) is 16.5. The van der Waals surface area contributed by atoms with E-state index in [9.17, 15) is 18.4 Å². The average molecular weight is 471 g/mol. The molecule has 2 aromatic carbocycles. The van der Waals surface area contributed by atoms with Gasteiger partial charge in [-0.05, 0) is 23.6 Å². The van der Waals surface area contributed by atoms with E-state index in [1.165, 1.54) is 28.7 Å². The first-order valence-corrected chi connectivity index (χ1v) is 11.2. The summed E-state index contributed by atoms with van der Waals surface area (Å²) >= 11 is 2.88. The molecule has 1 N–H and O–H groups in total. The Balaban J connectivity index is 1.45. The number of ether oxygens (including phenoxy) is 1. The molecule has 5 nitrogen and oxygen atoms in total. The number of hydrogen-bond donors (Lipinski definition) is 1. The monoisotopic (exact) mass is 470 g/mol. The van der Waals surface area contributed by atoms with Crippen molar-refractivity contribution in [3.63, 3.8) is 0 Å². The van der Waals surface area contributed by atoms with Crippen molar-refractivity contribution in [1.82, 2.24) is 4.98 Å². The number of nitrogens with zero attached hydrogens (tertiary/aromatic N) is 1. The minimum Gasteiger partial charge on any atom is -0.455 e. The lowest BCUT2D eigenvalue weighted by atomic mass is 10.2. The summed E-state index contributed by atoms with van der Waals surface area (Å²) in [6.07, 6.45) is -0.0843. The second kappa shape index (κ2) is 9.80. The lowest BCUT2D eigenvalue weighted by molar-refractivity contribution is -0.146. The molecule has 0 aliphatic heterocycles. The molecule has 4 aromatic rings. The highest BCUT2D eigenvalue weighted by atomic mass is 32.1. The number of rotatable bonds is 7. The molecule has 0 radical (unpaired) electrons. The maximum absolute atomic E-state index is 13.7. The third-order valence-electron chi connectivity index (χ3n) is 4.37. The van der Waals surface area contributed by atoms with Gasteiger partial charge >= 0.3 is 5.97 Å². The quantitative estimate of drug-likeness (QED) is 0.360. The number of anilines is 1. The van der Waals surface area contributed by atoms with Gasteiger partial charge in [-0.3, -0.25) is 9.59 Å². The molecule has 0 saturated carbocycles. The van der Waals surface area contributed by atoms with Gasteiger partial charge in [-0.1, -0.05) is 42.5 Å². The number of carbonyl (C=O) groups is 2. The topological polar surface area (TPSA) is 68.3 Å². The van der Waals surface area contributed by atoms with Crippen molar-refractivity contribution in [2.45, 2.75) is 6.42 Å². The fourth-order valence-electron chi connectivity index (χ4n) is 2.90. The molecular formula is C23H16F2N2O3S2. The predicted octanol–water partition coefficient (Wildman–Crippen LogP) is 5.54. The first kappa shape index (κ1) is 21.8. The minimum absolute atomic E-state index is 0.0843. The summed E-state index contributed by atoms with van der Waals surface area (Å²) in [6, 6.07) is 16.6. The van der Waals surface area contributed by atoms with E-state index in [0.717, 1.165) is 27.6 Å². The maximum Gasteiger partial charge on any atom is 0.311 e. The molecule has 162 valence electrons. The first-order chi connectivity index (χ1) is 15.5. The number of aromatic nitrogens is 1. The van der Waals surface area contributed by atoms with E-state index in [1.54, 1.807) is 0 Å². The highest BCUT2D eigenvalue weighted by Crippen LogP contribution is 2.36. The number of thiophene rings is 1. The van der Waals surface area contributed by atoms with Crippen molar-refractivity contribution < 1.29 is 23.1 Å². The number of benzene rings is 2. The second-order valence-corrected chi connectivity index (χ2v) is 8.65. The summed E-state index contributed by atoms with van der Waals surface area (Å²) < 4.78 is 32.3. The van der Waals surface area contributed by atoms with Crippen molar-refractivity contribution >= 4 is 40.2 Å². The molecule has 2 heterocycles. The molecule has 0 bridgehead atoms. The van der Waals surface area contributed by atoms with Gasteiger partial charge in [0.25, 0.3) is 5.91 Å². The Labute approximate surface area is 190 Å². The van der Waals surface area contributed by atoms with Crippen LogP contribution in [0.4, 0.5) is 14.5 Å². The van der Waals surface area contributed by atoms with Crippen molar-refractivity contribution in [2.75, 3.05) is 11.9 Å². The molecule has 0 saturated heterocycles. The Morgan fingerprint density at radius 2 is 1.72 bits per heavy atom. The number of thiazole rings is 1. The lowest BCUT2D eigenvalue weighted by Crippen LogP contribution is -2.22. The Kier molecular flexibility index (Phi) is 6.67. The van der Waals surface area contributed by atoms with Gasteiger partial charge in [-0.25, -0.2) is 13.8 Å². The lowest BCUT2D eigenvalue weighted by Gasteiger charge is -2.08. The van der Waals surface area contributed by atoms with E-state index in [0.29, 0.717) is 10.6 Å². The van der Waals surface area contributed by atoms with Crippen LogP contribution in [0.25, 0.3) is 21.1 Å². The van der Waals surface area contributed by atoms with E-state index in [2.05, 4.69) is 5.32 Å². The Morgan fingerprint density at radius 3 is 2.41 bits per heavy atom. The summed E-state index contributed by atoms with van der Waals surface area (Å²) in [7, 11) is 0. The molecule has 2 aromatic heterocycles. The van der Waals surface area contributed by atoms with Crippen LogP contribution in [0.15, 0.2) is 66.0 Å². The van der Waals surface area contributed by atoms with Gasteiger partial charge in [0.1, 0.15) is 22.3 Å². The van der Waals surface area contributed by atoms with Crippen LogP contribution in [-0.2, 0) is 20.7 Å². The van der Waals surface area contributed by atoms with Crippen molar-refractivity contribution in [3.05, 3.63) is 82.6 Å². The first-order valence-electron chi connectivity index (χ1n) is 9.50. The Morgan fingerprint density at radius 1 is 0.969 bits per heavy atom. The van der Waals surface area contributed by atoms with Crippen molar-refractivity contribution in [1.29, 1.82) is 0 Å². The highest BCUT2D eigenvalue weighted by molar-refractivity contribution is 7.17. The summed E-state index contributed by atoms with van der Waals surface area (Å²) in [5.74, 6) is -3.31. The van der Waals surface area contributed by atoms with Gasteiger partial charge in [0.2, 0.25) is 0 Å². The van der Waals surface area contributed by atoms with E-state index in [4.69, 9.17) is 9.72 Å². The van der Waals surface area contributed by atoms with Gasteiger partial charge in [0.05, 0.1) is 17.0 Å². The van der Waals surface area contributed by atoms with Gasteiger partial charge in [-0.2, -0.15) is 0 Å². The number of hydrogen-bond acceptors (Lipinski definition) is 6. The molecule has 0 spiro atoms. The van der Waals surface area contributed by atoms with Crippen LogP contribution >= 0.6 is 22.7 Å². The summed E-state index contributed by atoms with van der Waals surface area (Å²) in [5, 5.41) is 4.77. The normalized spacial score (nSPS) is 10.7. The van der Waals surface area contributed by atoms with Crippen LogP contribution in [0.1, 0.15) is 4.88 Å². The van der Waals surface area contributed by atoms with Crippen LogP contribution in [0, 0.1) is 11.6 Å². The molecule has 0 atom stereocenters. The zero-order valence-corrected chi connectivity index (χ0v) is 18.1. The van der Waals surface area contributed by atoms with Crippen LogP contribution in [-0.4, -0.2) is 23.5 Å². The van der Waals surface area contributed by atoms with Gasteiger partial charge in [0, 0.05) is 10.4 Å². The molecule has 0 fully saturated rings. The minimum atomic E-state index is -0.914. The van der Waals surface area contributed by atoms with Crippen LogP contribution in [0.2, 0.25) is 0 Å². The van der Waals surface area contributed by atoms with Crippen molar-refractivity contribution in [3.8, 4) is 21.1 Å². The Hall–Kier alpha value is -3.43. The number of esters is 1. The second-order valence-electron chi connectivity index (χ2n) is 6.62. The molecular weight excluding hydrogens is 454 g/mol. The standard InChI is InChI=1S/C23H16F2N2O3S2/c24-15-8-4-9-16(25)21(15)26-19(28)13-30-20(29)12-18-22(17-10-5-11-31-17)27-23(32-18)14-6-2-1-3-7-14/h1-11H,12-13H2,(H,26,28). The number of halogens is 2. The summed E-state index contributed by atoms with van der Waals surface area (Å²) in [4.78, 5) is 30.7. The third kappa shape index (κ3) is 5.06. The third-order valence-corrected chi connectivity index (χ3v) is 6.35. The largest absolute Gasteiger partial charge is 0.455 e. The average Bonchev–Trinajstić information content (AvgIpc) is 3.46. The van der Waals surface area contributed by atoms with Crippen molar-refractivity contribution in [2.24, 2.45) is 0 Å². The number of para-hydroxylation sites is 1. The number of carbonyl (C=O) groups excluding carboxylic acids is 2. The zero-order chi connectivity index (χ0) is 22.5. The van der Waals surface area contributed by atoms with Gasteiger partial charge < -0.3 is 10.1 Å². The fourth-order valence-corrected chi connectivity index (χ4v) is 4.77. The summed E-state index contributed by atoms with van der Waals surface area (Å²) in [5.41, 5.74) is 1.04. The maximum atomic E-state index is 13.7. The smallest absolute Gasteiger partial charge is 0.311 e. The van der Waals surface area contributed by atoms with E-state index >= 15 is 0 Å². The SMILES string of the molecule is O=C(COC(=O)Cc1sc(-c2ccccc2)nc1-c1cccs1)Nc1c(F)cccc1F.